The predicted octanol–water partition coefficient (Wildman–Crippen LogP) is 2.70. The molecule has 0 fully saturated rings. The van der Waals surface area contributed by atoms with Crippen LogP contribution in [0.15, 0.2) is 18.5 Å². The van der Waals surface area contributed by atoms with E-state index in [1.165, 1.54) is 0 Å². The Hall–Kier alpha value is -1.38. The molecule has 0 aromatic carbocycles. The maximum atomic E-state index is 7.91. The van der Waals surface area contributed by atoms with Crippen LogP contribution in [0.25, 0.3) is 0 Å². The average Bonchev–Trinajstić information content (AvgIpc) is 2.15. The molecule has 3 heteroatoms. The van der Waals surface area contributed by atoms with Gasteiger partial charge in [-0.05, 0) is 30.9 Å². The van der Waals surface area contributed by atoms with E-state index in [2.05, 4.69) is 31.1 Å². The van der Waals surface area contributed by atoms with Crippen LogP contribution in [-0.4, -0.2) is 16.9 Å². The topological polar surface area (TPSA) is 48.8 Å². The first kappa shape index (κ1) is 12.7. The average molecular weight is 219 g/mol. The van der Waals surface area contributed by atoms with Crippen molar-refractivity contribution in [2.24, 2.45) is 0 Å². The van der Waals surface area contributed by atoms with Gasteiger partial charge in [-0.1, -0.05) is 20.8 Å². The molecule has 0 amide bonds. The van der Waals surface area contributed by atoms with Crippen molar-refractivity contribution >= 4 is 5.84 Å². The lowest BCUT2D eigenvalue weighted by atomic mass is 9.87. The second kappa shape index (κ2) is 4.64. The summed E-state index contributed by atoms with van der Waals surface area (Å²) in [5, 5.41) is 11.0. The molecule has 0 unspecified atom stereocenters. The van der Waals surface area contributed by atoms with Crippen LogP contribution in [0.3, 0.4) is 0 Å². The van der Waals surface area contributed by atoms with Crippen molar-refractivity contribution < 1.29 is 0 Å². The molecule has 0 saturated heterocycles. The largest absolute Gasteiger partial charge is 0.368 e. The van der Waals surface area contributed by atoms with E-state index in [1.54, 1.807) is 6.20 Å². The van der Waals surface area contributed by atoms with E-state index in [1.807, 2.05) is 26.1 Å². The van der Waals surface area contributed by atoms with Gasteiger partial charge in [-0.15, -0.1) is 0 Å². The van der Waals surface area contributed by atoms with Gasteiger partial charge in [0.1, 0.15) is 5.84 Å². The van der Waals surface area contributed by atoms with Crippen LogP contribution in [0.1, 0.15) is 45.7 Å². The fourth-order valence-electron chi connectivity index (χ4n) is 1.36. The Labute approximate surface area is 97.8 Å². The smallest absolute Gasteiger partial charge is 0.127 e. The minimum Gasteiger partial charge on any atom is -0.368 e. The van der Waals surface area contributed by atoms with Crippen molar-refractivity contribution in [3.63, 3.8) is 0 Å². The normalized spacial score (nSPS) is 11.6. The van der Waals surface area contributed by atoms with Crippen LogP contribution in [-0.2, 0) is 5.41 Å². The molecule has 16 heavy (non-hydrogen) atoms. The second-order valence-corrected chi connectivity index (χ2v) is 5.39. The lowest BCUT2D eigenvalue weighted by Crippen LogP contribution is -2.30. The third-order valence-electron chi connectivity index (χ3n) is 2.33. The molecule has 1 heterocycles. The van der Waals surface area contributed by atoms with Gasteiger partial charge in [-0.25, -0.2) is 0 Å². The molecule has 0 bridgehead atoms. The van der Waals surface area contributed by atoms with Gasteiger partial charge in [0.25, 0.3) is 0 Å². The first-order chi connectivity index (χ1) is 7.30. The van der Waals surface area contributed by atoms with Crippen molar-refractivity contribution in [1.29, 1.82) is 5.41 Å². The Morgan fingerprint density at radius 3 is 2.44 bits per heavy atom. The summed E-state index contributed by atoms with van der Waals surface area (Å²) in [5.41, 5.74) is 2.07. The Morgan fingerprint density at radius 1 is 1.31 bits per heavy atom. The molecule has 1 rings (SSSR count). The van der Waals surface area contributed by atoms with Gasteiger partial charge in [0.15, 0.2) is 0 Å². The molecule has 0 aliphatic carbocycles. The lowest BCUT2D eigenvalue weighted by Gasteiger charge is -2.19. The summed E-state index contributed by atoms with van der Waals surface area (Å²) in [6, 6.07) is 2.30. The molecular weight excluding hydrogens is 198 g/mol. The third kappa shape index (κ3) is 3.33. The SMILES string of the molecule is CC(C)NC(=N)c1cncc(C(C)(C)C)c1. The van der Waals surface area contributed by atoms with Crippen molar-refractivity contribution in [1.82, 2.24) is 10.3 Å². The maximum absolute atomic E-state index is 7.91. The molecule has 1 aromatic rings. The third-order valence-corrected chi connectivity index (χ3v) is 2.33. The predicted molar refractivity (Wildman–Crippen MR) is 68.0 cm³/mol. The first-order valence-electron chi connectivity index (χ1n) is 5.61. The highest BCUT2D eigenvalue weighted by molar-refractivity contribution is 5.96. The minimum atomic E-state index is 0.0706. The minimum absolute atomic E-state index is 0.0706. The Bertz CT molecular complexity index is 375. The van der Waals surface area contributed by atoms with E-state index in [9.17, 15) is 0 Å². The molecule has 1 aromatic heterocycles. The molecule has 0 radical (unpaired) electrons. The molecule has 0 aliphatic heterocycles. The molecule has 0 atom stereocenters. The molecule has 0 saturated carbocycles. The number of nitrogens with zero attached hydrogens (tertiary/aromatic N) is 1. The van der Waals surface area contributed by atoms with Crippen LogP contribution in [0.5, 0.6) is 0 Å². The summed E-state index contributed by atoms with van der Waals surface area (Å²) in [6.45, 7) is 10.5. The number of hydrogen-bond acceptors (Lipinski definition) is 2. The summed E-state index contributed by atoms with van der Waals surface area (Å²) < 4.78 is 0. The Balaban J connectivity index is 2.95. The van der Waals surface area contributed by atoms with E-state index >= 15 is 0 Å². The second-order valence-electron chi connectivity index (χ2n) is 5.39. The first-order valence-corrected chi connectivity index (χ1v) is 5.61. The highest BCUT2D eigenvalue weighted by Crippen LogP contribution is 2.21. The molecule has 2 N–H and O–H groups in total. The standard InChI is InChI=1S/C13H21N3/c1-9(2)16-12(14)10-6-11(8-15-7-10)13(3,4)5/h6-9H,1-5H3,(H2,14,16). The molecular formula is C13H21N3. The van der Waals surface area contributed by atoms with Crippen molar-refractivity contribution in [3.8, 4) is 0 Å². The quantitative estimate of drug-likeness (QED) is 0.593. The van der Waals surface area contributed by atoms with E-state index < -0.39 is 0 Å². The van der Waals surface area contributed by atoms with Crippen LogP contribution in [0.2, 0.25) is 0 Å². The van der Waals surface area contributed by atoms with Crippen LogP contribution in [0.4, 0.5) is 0 Å². The molecule has 0 spiro atoms. The van der Waals surface area contributed by atoms with Gasteiger partial charge < -0.3 is 5.32 Å². The number of hydrogen-bond donors (Lipinski definition) is 2. The fraction of sp³-hybridized carbons (Fsp3) is 0.538. The zero-order valence-corrected chi connectivity index (χ0v) is 10.8. The van der Waals surface area contributed by atoms with Crippen LogP contribution < -0.4 is 5.32 Å². The van der Waals surface area contributed by atoms with E-state index in [-0.39, 0.29) is 11.5 Å². The van der Waals surface area contributed by atoms with Crippen LogP contribution >= 0.6 is 0 Å². The van der Waals surface area contributed by atoms with E-state index in [4.69, 9.17) is 5.41 Å². The molecule has 3 nitrogen and oxygen atoms in total. The highest BCUT2D eigenvalue weighted by atomic mass is 15.0. The maximum Gasteiger partial charge on any atom is 0.127 e. The monoisotopic (exact) mass is 219 g/mol. The van der Waals surface area contributed by atoms with Crippen molar-refractivity contribution in [2.75, 3.05) is 0 Å². The van der Waals surface area contributed by atoms with Crippen LogP contribution in [0, 0.1) is 5.41 Å². The van der Waals surface area contributed by atoms with Crippen molar-refractivity contribution in [2.45, 2.75) is 46.1 Å². The van der Waals surface area contributed by atoms with Gasteiger partial charge in [-0.3, -0.25) is 10.4 Å². The zero-order valence-electron chi connectivity index (χ0n) is 10.8. The van der Waals surface area contributed by atoms with Gasteiger partial charge in [0, 0.05) is 24.0 Å². The van der Waals surface area contributed by atoms with Gasteiger partial charge in [-0.2, -0.15) is 0 Å². The molecule has 88 valence electrons. The summed E-state index contributed by atoms with van der Waals surface area (Å²) in [6.07, 6.45) is 3.60. The zero-order chi connectivity index (χ0) is 12.3. The van der Waals surface area contributed by atoms with Gasteiger partial charge in [0.05, 0.1) is 0 Å². The van der Waals surface area contributed by atoms with Gasteiger partial charge >= 0.3 is 0 Å². The Kier molecular flexibility index (Phi) is 3.68. The summed E-state index contributed by atoms with van der Waals surface area (Å²) in [5.74, 6) is 0.439. The van der Waals surface area contributed by atoms with Gasteiger partial charge in [0.2, 0.25) is 0 Å². The summed E-state index contributed by atoms with van der Waals surface area (Å²) >= 11 is 0. The Morgan fingerprint density at radius 2 is 1.94 bits per heavy atom. The van der Waals surface area contributed by atoms with Crippen molar-refractivity contribution in [3.05, 3.63) is 29.6 Å². The fourth-order valence-corrected chi connectivity index (χ4v) is 1.36. The molecule has 0 aliphatic rings. The number of pyridine rings is 1. The number of rotatable bonds is 2. The number of nitrogens with one attached hydrogen (secondary N) is 2. The number of amidine groups is 1. The van der Waals surface area contributed by atoms with E-state index in [0.717, 1.165) is 11.1 Å². The lowest BCUT2D eigenvalue weighted by molar-refractivity contribution is 0.587. The summed E-state index contributed by atoms with van der Waals surface area (Å²) in [7, 11) is 0. The summed E-state index contributed by atoms with van der Waals surface area (Å²) in [4.78, 5) is 4.20. The number of aromatic nitrogens is 1. The highest BCUT2D eigenvalue weighted by Gasteiger charge is 2.15. The van der Waals surface area contributed by atoms with E-state index in [0.29, 0.717) is 5.84 Å².